The van der Waals surface area contributed by atoms with Crippen LogP contribution in [0, 0.1) is 5.82 Å². The number of rotatable bonds is 6. The molecule has 20 heavy (non-hydrogen) atoms. The van der Waals surface area contributed by atoms with E-state index in [-0.39, 0.29) is 11.9 Å². The van der Waals surface area contributed by atoms with Crippen LogP contribution in [0.4, 0.5) is 10.1 Å². The summed E-state index contributed by atoms with van der Waals surface area (Å²) in [5.41, 5.74) is 3.57. The minimum absolute atomic E-state index is 0.164. The van der Waals surface area contributed by atoms with E-state index >= 15 is 0 Å². The van der Waals surface area contributed by atoms with Crippen LogP contribution in [0.3, 0.4) is 0 Å². The zero-order chi connectivity index (χ0) is 14.4. The molecule has 106 valence electrons. The Balaban J connectivity index is 1.97. The average Bonchev–Trinajstić information content (AvgIpc) is 2.47. The first kappa shape index (κ1) is 14.6. The largest absolute Gasteiger partial charge is 0.379 e. The highest BCUT2D eigenvalue weighted by atomic mass is 19.1. The maximum absolute atomic E-state index is 12.9. The lowest BCUT2D eigenvalue weighted by molar-refractivity contribution is 0.626. The van der Waals surface area contributed by atoms with Crippen LogP contribution in [-0.2, 0) is 6.42 Å². The number of nitrogens with one attached hydrogen (secondary N) is 1. The number of aryl methyl sites for hydroxylation is 1. The zero-order valence-electron chi connectivity index (χ0n) is 12.2. The van der Waals surface area contributed by atoms with E-state index in [1.54, 1.807) is 0 Å². The molecule has 0 aliphatic rings. The second kappa shape index (κ2) is 7.09. The number of anilines is 1. The predicted octanol–water partition coefficient (Wildman–Crippen LogP) is 5.34. The third kappa shape index (κ3) is 4.09. The van der Waals surface area contributed by atoms with Gasteiger partial charge in [0, 0.05) is 11.7 Å². The summed E-state index contributed by atoms with van der Waals surface area (Å²) in [6, 6.07) is 15.4. The Bertz CT molecular complexity index is 516. The fourth-order valence-corrected chi connectivity index (χ4v) is 2.23. The number of unbranched alkanes of at least 4 members (excludes halogenated alkanes) is 1. The average molecular weight is 271 g/mol. The molecule has 2 aromatic rings. The molecule has 0 heterocycles. The Morgan fingerprint density at radius 3 is 2.25 bits per heavy atom. The van der Waals surface area contributed by atoms with Crippen LogP contribution in [-0.4, -0.2) is 0 Å². The zero-order valence-corrected chi connectivity index (χ0v) is 12.2. The Hall–Kier alpha value is -1.83. The fraction of sp³-hybridized carbons (Fsp3) is 0.333. The smallest absolute Gasteiger partial charge is 0.123 e. The molecule has 0 aliphatic heterocycles. The highest BCUT2D eigenvalue weighted by Gasteiger charge is 2.05. The van der Waals surface area contributed by atoms with Crippen molar-refractivity contribution in [3.05, 3.63) is 65.5 Å². The fourth-order valence-electron chi connectivity index (χ4n) is 2.23. The minimum Gasteiger partial charge on any atom is -0.379 e. The summed E-state index contributed by atoms with van der Waals surface area (Å²) in [7, 11) is 0. The van der Waals surface area contributed by atoms with Crippen LogP contribution < -0.4 is 5.32 Å². The molecule has 0 aromatic heterocycles. The van der Waals surface area contributed by atoms with Gasteiger partial charge in [0.2, 0.25) is 0 Å². The molecule has 2 rings (SSSR count). The van der Waals surface area contributed by atoms with Gasteiger partial charge in [-0.1, -0.05) is 37.6 Å². The Kier molecular flexibility index (Phi) is 5.16. The van der Waals surface area contributed by atoms with Gasteiger partial charge in [-0.05, 0) is 55.2 Å². The van der Waals surface area contributed by atoms with Crippen LogP contribution in [0.1, 0.15) is 43.9 Å². The predicted molar refractivity (Wildman–Crippen MR) is 83.5 cm³/mol. The van der Waals surface area contributed by atoms with E-state index in [0.29, 0.717) is 0 Å². The molecule has 1 atom stereocenters. The highest BCUT2D eigenvalue weighted by molar-refractivity contribution is 5.46. The second-order valence-corrected chi connectivity index (χ2v) is 5.22. The summed E-state index contributed by atoms with van der Waals surface area (Å²) in [5.74, 6) is -0.193. The molecular formula is C18H22FN. The molecule has 0 fully saturated rings. The summed E-state index contributed by atoms with van der Waals surface area (Å²) in [5, 5.41) is 3.44. The van der Waals surface area contributed by atoms with Gasteiger partial charge in [0.25, 0.3) is 0 Å². The summed E-state index contributed by atoms with van der Waals surface area (Å²) in [4.78, 5) is 0. The SMILES string of the molecule is CCCCc1ccc(NC(C)c2ccc(F)cc2)cc1. The number of benzene rings is 2. The first-order chi connectivity index (χ1) is 9.69. The van der Waals surface area contributed by atoms with E-state index in [9.17, 15) is 4.39 Å². The van der Waals surface area contributed by atoms with Crippen LogP contribution in [0.2, 0.25) is 0 Å². The van der Waals surface area contributed by atoms with Crippen molar-refractivity contribution in [3.8, 4) is 0 Å². The molecule has 2 heteroatoms. The molecule has 1 unspecified atom stereocenters. The van der Waals surface area contributed by atoms with Crippen molar-refractivity contribution in [2.24, 2.45) is 0 Å². The molecule has 1 N–H and O–H groups in total. The van der Waals surface area contributed by atoms with Gasteiger partial charge in [0.15, 0.2) is 0 Å². The molecule has 1 nitrogen and oxygen atoms in total. The van der Waals surface area contributed by atoms with Gasteiger partial charge < -0.3 is 5.32 Å². The molecule has 0 radical (unpaired) electrons. The lowest BCUT2D eigenvalue weighted by Crippen LogP contribution is -2.06. The Morgan fingerprint density at radius 1 is 1.00 bits per heavy atom. The van der Waals surface area contributed by atoms with Gasteiger partial charge >= 0.3 is 0 Å². The first-order valence-electron chi connectivity index (χ1n) is 7.30. The number of hydrogen-bond acceptors (Lipinski definition) is 1. The van der Waals surface area contributed by atoms with Crippen LogP contribution in [0.5, 0.6) is 0 Å². The first-order valence-corrected chi connectivity index (χ1v) is 7.30. The summed E-state index contributed by atoms with van der Waals surface area (Å²) in [6.07, 6.45) is 3.60. The number of halogens is 1. The second-order valence-electron chi connectivity index (χ2n) is 5.22. The van der Waals surface area contributed by atoms with E-state index in [4.69, 9.17) is 0 Å². The van der Waals surface area contributed by atoms with Gasteiger partial charge in [0.1, 0.15) is 5.82 Å². The molecule has 0 aliphatic carbocycles. The highest BCUT2D eigenvalue weighted by Crippen LogP contribution is 2.20. The van der Waals surface area contributed by atoms with Crippen LogP contribution >= 0.6 is 0 Å². The quantitative estimate of drug-likeness (QED) is 0.747. The van der Waals surface area contributed by atoms with Crippen molar-refractivity contribution in [1.82, 2.24) is 0 Å². The molecular weight excluding hydrogens is 249 g/mol. The van der Waals surface area contributed by atoms with Gasteiger partial charge in [-0.3, -0.25) is 0 Å². The normalized spacial score (nSPS) is 12.2. The van der Waals surface area contributed by atoms with Crippen molar-refractivity contribution in [1.29, 1.82) is 0 Å². The lowest BCUT2D eigenvalue weighted by atomic mass is 10.1. The maximum Gasteiger partial charge on any atom is 0.123 e. The van der Waals surface area contributed by atoms with Crippen molar-refractivity contribution in [3.63, 3.8) is 0 Å². The van der Waals surface area contributed by atoms with Gasteiger partial charge in [0.05, 0.1) is 0 Å². The monoisotopic (exact) mass is 271 g/mol. The molecule has 2 aromatic carbocycles. The van der Waals surface area contributed by atoms with E-state index < -0.39 is 0 Å². The van der Waals surface area contributed by atoms with E-state index in [1.807, 2.05) is 12.1 Å². The van der Waals surface area contributed by atoms with Gasteiger partial charge in [-0.15, -0.1) is 0 Å². The van der Waals surface area contributed by atoms with Crippen LogP contribution in [0.15, 0.2) is 48.5 Å². The third-order valence-electron chi connectivity index (χ3n) is 3.53. The Morgan fingerprint density at radius 2 is 1.65 bits per heavy atom. The molecule has 0 saturated carbocycles. The van der Waals surface area contributed by atoms with E-state index in [0.717, 1.165) is 17.7 Å². The Labute approximate surface area is 120 Å². The van der Waals surface area contributed by atoms with Crippen molar-refractivity contribution in [2.45, 2.75) is 39.2 Å². The van der Waals surface area contributed by atoms with E-state index in [2.05, 4.69) is 43.4 Å². The molecule has 0 bridgehead atoms. The summed E-state index contributed by atoms with van der Waals surface area (Å²) in [6.45, 7) is 4.29. The van der Waals surface area contributed by atoms with E-state index in [1.165, 1.54) is 30.5 Å². The molecule has 0 saturated heterocycles. The minimum atomic E-state index is -0.193. The summed E-state index contributed by atoms with van der Waals surface area (Å²) < 4.78 is 12.9. The van der Waals surface area contributed by atoms with Crippen molar-refractivity contribution < 1.29 is 4.39 Å². The van der Waals surface area contributed by atoms with Gasteiger partial charge in [-0.2, -0.15) is 0 Å². The standard InChI is InChI=1S/C18H22FN/c1-3-4-5-15-6-12-18(13-7-15)20-14(2)16-8-10-17(19)11-9-16/h6-14,20H,3-5H2,1-2H3. The summed E-state index contributed by atoms with van der Waals surface area (Å²) >= 11 is 0. The van der Waals surface area contributed by atoms with Gasteiger partial charge in [-0.25, -0.2) is 4.39 Å². The lowest BCUT2D eigenvalue weighted by Gasteiger charge is -2.16. The maximum atomic E-state index is 12.9. The van der Waals surface area contributed by atoms with Crippen molar-refractivity contribution in [2.75, 3.05) is 5.32 Å². The molecule has 0 amide bonds. The number of hydrogen-bond donors (Lipinski definition) is 1. The molecule has 0 spiro atoms. The van der Waals surface area contributed by atoms with Crippen molar-refractivity contribution >= 4 is 5.69 Å². The third-order valence-corrected chi connectivity index (χ3v) is 3.53. The van der Waals surface area contributed by atoms with Crippen LogP contribution in [0.25, 0.3) is 0 Å². The topological polar surface area (TPSA) is 12.0 Å².